The van der Waals surface area contributed by atoms with Crippen LogP contribution >= 0.6 is 0 Å². The molecular weight excluding hydrogens is 645 g/mol. The number of hydrogen-bond donors (Lipinski definition) is 0. The molecule has 53 heavy (non-hydrogen) atoms. The molecule has 0 fully saturated rings. The molecule has 0 spiro atoms. The smallest absolute Gasteiger partial charge is 0.164 e. The van der Waals surface area contributed by atoms with Gasteiger partial charge in [-0.15, -0.1) is 0 Å². The normalized spacial score (nSPS) is 16.3. The van der Waals surface area contributed by atoms with Gasteiger partial charge >= 0.3 is 0 Å². The highest BCUT2D eigenvalue weighted by atomic mass is 15.0. The van der Waals surface area contributed by atoms with Crippen LogP contribution < -0.4 is 0 Å². The maximum atomic E-state index is 8.81. The Balaban J connectivity index is 1.24. The molecule has 9 aromatic rings. The molecule has 0 saturated carbocycles. The summed E-state index contributed by atoms with van der Waals surface area (Å²) in [6.45, 7) is 9.44. The number of fused-ring (bicyclic) bond motifs is 6. The van der Waals surface area contributed by atoms with Gasteiger partial charge in [-0.1, -0.05) is 131 Å². The minimum Gasteiger partial charge on any atom is -0.309 e. The first-order valence-electron chi connectivity index (χ1n) is 20.7. The monoisotopic (exact) mass is 689 g/mol. The van der Waals surface area contributed by atoms with Gasteiger partial charge in [-0.2, -0.15) is 0 Å². The number of rotatable bonds is 4. The summed E-state index contributed by atoms with van der Waals surface area (Å²) in [5.41, 5.74) is 7.33. The molecule has 0 amide bonds. The third-order valence-corrected chi connectivity index (χ3v) is 11.3. The van der Waals surface area contributed by atoms with Crippen molar-refractivity contribution in [2.75, 3.05) is 0 Å². The van der Waals surface area contributed by atoms with Gasteiger partial charge in [0.15, 0.2) is 17.5 Å². The molecular formula is C49H40N4. The van der Waals surface area contributed by atoms with Crippen LogP contribution in [0, 0.1) is 0 Å². The van der Waals surface area contributed by atoms with E-state index >= 15 is 0 Å². The topological polar surface area (TPSA) is 43.6 Å². The Morgan fingerprint density at radius 1 is 0.491 bits per heavy atom. The van der Waals surface area contributed by atoms with E-state index in [1.165, 1.54) is 27.3 Å². The van der Waals surface area contributed by atoms with E-state index in [9.17, 15) is 0 Å². The Labute approximate surface area is 316 Å². The largest absolute Gasteiger partial charge is 0.309 e. The highest BCUT2D eigenvalue weighted by Gasteiger charge is 2.38. The zero-order chi connectivity index (χ0) is 40.2. The van der Waals surface area contributed by atoms with Crippen molar-refractivity contribution in [2.45, 2.75) is 51.4 Å². The van der Waals surface area contributed by atoms with Crippen LogP contribution in [0.4, 0.5) is 0 Å². The molecule has 256 valence electrons. The Kier molecular flexibility index (Phi) is 5.87. The van der Waals surface area contributed by atoms with Crippen LogP contribution in [0.25, 0.3) is 83.2 Å². The van der Waals surface area contributed by atoms with E-state index in [-0.39, 0.29) is 34.3 Å². The Hall–Kier alpha value is -6.13. The Morgan fingerprint density at radius 2 is 1.04 bits per heavy atom. The number of aromatic nitrogens is 4. The summed E-state index contributed by atoms with van der Waals surface area (Å²) < 4.78 is 45.0. The van der Waals surface area contributed by atoms with Crippen LogP contribution in [0.1, 0.15) is 58.5 Å². The van der Waals surface area contributed by atoms with Gasteiger partial charge in [0.05, 0.1) is 17.9 Å². The van der Waals surface area contributed by atoms with Gasteiger partial charge in [0.25, 0.3) is 0 Å². The molecule has 4 heteroatoms. The van der Waals surface area contributed by atoms with Gasteiger partial charge in [-0.05, 0) is 98.8 Å². The standard InChI is InChI=1S/C49H40N4/c1-48(2)23-24-49(3,4)42-30-44-40(29-41(42)48)39-27-34-17-10-11-18-35(34)28-43(39)53(44)38-20-12-19-36(26-38)46-50-45(32-14-6-5-7-15-32)51-47(52-46)37-22-21-31-13-8-9-16-33(31)25-37/h5-22,25-30H,23-24H2,1-4H3/i5D,6D,7D,14D,15D. The van der Waals surface area contributed by atoms with E-state index in [2.05, 4.69) is 92.9 Å². The van der Waals surface area contributed by atoms with Crippen LogP contribution in [0.5, 0.6) is 0 Å². The van der Waals surface area contributed by atoms with Crippen molar-refractivity contribution in [1.29, 1.82) is 0 Å². The highest BCUT2D eigenvalue weighted by molar-refractivity contribution is 6.14. The van der Waals surface area contributed by atoms with Gasteiger partial charge in [0.1, 0.15) is 0 Å². The predicted octanol–water partition coefficient (Wildman–Crippen LogP) is 12.6. The second kappa shape index (κ2) is 11.7. The summed E-state index contributed by atoms with van der Waals surface area (Å²) in [7, 11) is 0. The zero-order valence-electron chi connectivity index (χ0n) is 35.2. The fraction of sp³-hybridized carbons (Fsp3) is 0.163. The third-order valence-electron chi connectivity index (χ3n) is 11.3. The lowest BCUT2D eigenvalue weighted by molar-refractivity contribution is 0.332. The van der Waals surface area contributed by atoms with Crippen LogP contribution in [-0.2, 0) is 10.8 Å². The van der Waals surface area contributed by atoms with Gasteiger partial charge in [0, 0.05) is 33.2 Å². The minimum absolute atomic E-state index is 0.00960. The predicted molar refractivity (Wildman–Crippen MR) is 221 cm³/mol. The van der Waals surface area contributed by atoms with E-state index in [0.717, 1.165) is 51.3 Å². The summed E-state index contributed by atoms with van der Waals surface area (Å²) >= 11 is 0. The molecule has 4 nitrogen and oxygen atoms in total. The van der Waals surface area contributed by atoms with Gasteiger partial charge in [-0.3, -0.25) is 0 Å². The van der Waals surface area contributed by atoms with Gasteiger partial charge < -0.3 is 4.57 Å². The van der Waals surface area contributed by atoms with Crippen LogP contribution in [-0.4, -0.2) is 19.5 Å². The van der Waals surface area contributed by atoms with E-state index in [4.69, 9.17) is 21.8 Å². The van der Waals surface area contributed by atoms with Crippen molar-refractivity contribution in [3.05, 3.63) is 157 Å². The molecule has 1 aliphatic rings. The average molecular weight is 690 g/mol. The minimum atomic E-state index is -0.470. The third kappa shape index (κ3) is 5.23. The van der Waals surface area contributed by atoms with Crippen LogP contribution in [0.15, 0.2) is 145 Å². The SMILES string of the molecule is [2H]c1c([2H])c([2H])c(-c2nc(-c3cccc(-n4c5cc6c(cc5c5cc7ccccc7cc54)C(C)(C)CCC6(C)C)c3)nc(-c3ccc4ccccc4c3)n2)c([2H])c1[2H]. The number of hydrogen-bond acceptors (Lipinski definition) is 3. The van der Waals surface area contributed by atoms with Crippen LogP contribution in [0.3, 0.4) is 0 Å². The second-order valence-electron chi connectivity index (χ2n) is 15.7. The quantitative estimate of drug-likeness (QED) is 0.185. The number of nitrogens with zero attached hydrogens (tertiary/aromatic N) is 4. The Morgan fingerprint density at radius 3 is 1.74 bits per heavy atom. The average Bonchev–Trinajstić information content (AvgIpc) is 3.54. The van der Waals surface area contributed by atoms with Crippen molar-refractivity contribution >= 4 is 43.4 Å². The van der Waals surface area contributed by atoms with E-state index < -0.39 is 18.1 Å². The summed E-state index contributed by atoms with van der Waals surface area (Å²) in [5, 5.41) is 6.79. The Bertz CT molecular complexity index is 3170. The van der Waals surface area contributed by atoms with Crippen molar-refractivity contribution in [3.63, 3.8) is 0 Å². The van der Waals surface area contributed by atoms with E-state index in [1.54, 1.807) is 0 Å². The van der Waals surface area contributed by atoms with E-state index in [1.807, 2.05) is 54.6 Å². The van der Waals surface area contributed by atoms with Crippen molar-refractivity contribution in [3.8, 4) is 39.9 Å². The zero-order valence-corrected chi connectivity index (χ0v) is 30.2. The molecule has 2 aromatic heterocycles. The first-order chi connectivity index (χ1) is 27.8. The molecule has 0 radical (unpaired) electrons. The van der Waals surface area contributed by atoms with Gasteiger partial charge in [-0.25, -0.2) is 15.0 Å². The first kappa shape index (κ1) is 26.6. The molecule has 0 unspecified atom stereocenters. The molecule has 0 aliphatic heterocycles. The molecule has 7 aromatic carbocycles. The fourth-order valence-electron chi connectivity index (χ4n) is 8.26. The molecule has 1 aliphatic carbocycles. The van der Waals surface area contributed by atoms with E-state index in [0.29, 0.717) is 17.2 Å². The molecule has 0 atom stereocenters. The lowest BCUT2D eigenvalue weighted by atomic mass is 9.63. The summed E-state index contributed by atoms with van der Waals surface area (Å²) in [5.74, 6) is 0.673. The fourth-order valence-corrected chi connectivity index (χ4v) is 8.26. The molecule has 10 rings (SSSR count). The first-order valence-corrected chi connectivity index (χ1v) is 18.2. The van der Waals surface area contributed by atoms with Crippen molar-refractivity contribution in [2.24, 2.45) is 0 Å². The van der Waals surface area contributed by atoms with Gasteiger partial charge in [0.2, 0.25) is 0 Å². The highest BCUT2D eigenvalue weighted by Crippen LogP contribution is 2.49. The van der Waals surface area contributed by atoms with Crippen LogP contribution in [0.2, 0.25) is 0 Å². The molecule has 2 heterocycles. The molecule has 0 N–H and O–H groups in total. The van der Waals surface area contributed by atoms with Crippen molar-refractivity contribution < 1.29 is 6.85 Å². The summed E-state index contributed by atoms with van der Waals surface area (Å²) in [6.07, 6.45) is 2.23. The van der Waals surface area contributed by atoms with Crippen molar-refractivity contribution in [1.82, 2.24) is 19.5 Å². The maximum absolute atomic E-state index is 8.81. The summed E-state index contributed by atoms with van der Waals surface area (Å²) in [4.78, 5) is 14.7. The summed E-state index contributed by atoms with van der Waals surface area (Å²) in [6, 6.07) is 38.0. The lowest BCUT2D eigenvalue weighted by Gasteiger charge is -2.42. The number of benzene rings is 7. The molecule has 0 bridgehead atoms. The molecule has 0 saturated heterocycles. The lowest BCUT2D eigenvalue weighted by Crippen LogP contribution is -2.33. The second-order valence-corrected chi connectivity index (χ2v) is 15.7. The maximum Gasteiger partial charge on any atom is 0.164 e.